The molecule has 0 atom stereocenters. The van der Waals surface area contributed by atoms with E-state index < -0.39 is 0 Å². The molecule has 1 aliphatic carbocycles. The van der Waals surface area contributed by atoms with Crippen LogP contribution in [0.15, 0.2) is 12.1 Å². The normalized spacial score (nSPS) is 17.0. The van der Waals surface area contributed by atoms with Gasteiger partial charge < -0.3 is 24.8 Å². The highest BCUT2D eigenvalue weighted by molar-refractivity contribution is 6.32. The second kappa shape index (κ2) is 9.88. The Bertz CT molecular complexity index is 605. The van der Waals surface area contributed by atoms with E-state index in [1.165, 1.54) is 32.1 Å². The second-order valence-electron chi connectivity index (χ2n) is 6.70. The number of amides is 2. The highest BCUT2D eigenvalue weighted by Gasteiger charge is 2.17. The maximum Gasteiger partial charge on any atom is 0.315 e. The molecule has 1 aliphatic heterocycles. The number of hydrogen-bond donors (Lipinski definition) is 2. The Morgan fingerprint density at radius 1 is 1.15 bits per heavy atom. The fourth-order valence-electron chi connectivity index (χ4n) is 3.27. The first kappa shape index (κ1) is 19.1. The van der Waals surface area contributed by atoms with E-state index in [1.54, 1.807) is 6.07 Å². The van der Waals surface area contributed by atoms with Crippen LogP contribution in [0.5, 0.6) is 11.5 Å². The summed E-state index contributed by atoms with van der Waals surface area (Å²) in [5.74, 6) is 1.20. The molecule has 0 aromatic heterocycles. The van der Waals surface area contributed by atoms with Gasteiger partial charge in [0.2, 0.25) is 0 Å². The molecule has 1 aromatic carbocycles. The zero-order valence-corrected chi connectivity index (χ0v) is 15.8. The highest BCUT2D eigenvalue weighted by atomic mass is 35.5. The van der Waals surface area contributed by atoms with Gasteiger partial charge in [-0.15, -0.1) is 0 Å². The summed E-state index contributed by atoms with van der Waals surface area (Å²) in [6.45, 7) is 2.67. The largest absolute Gasteiger partial charge is 0.486 e. The van der Waals surface area contributed by atoms with Gasteiger partial charge in [0.1, 0.15) is 13.2 Å². The van der Waals surface area contributed by atoms with E-state index in [0.717, 1.165) is 12.0 Å². The van der Waals surface area contributed by atoms with Crippen molar-refractivity contribution in [2.75, 3.05) is 26.4 Å². The van der Waals surface area contributed by atoms with Gasteiger partial charge in [0.05, 0.1) is 11.1 Å². The number of benzene rings is 1. The van der Waals surface area contributed by atoms with Crippen LogP contribution >= 0.6 is 11.6 Å². The molecule has 1 aromatic rings. The smallest absolute Gasteiger partial charge is 0.315 e. The summed E-state index contributed by atoms with van der Waals surface area (Å²) < 4.78 is 16.9. The van der Waals surface area contributed by atoms with Crippen molar-refractivity contribution in [2.24, 2.45) is 0 Å². The summed E-state index contributed by atoms with van der Waals surface area (Å²) in [7, 11) is 0. The summed E-state index contributed by atoms with van der Waals surface area (Å²) >= 11 is 6.20. The average molecular weight is 383 g/mol. The van der Waals surface area contributed by atoms with Crippen LogP contribution in [0.25, 0.3) is 0 Å². The van der Waals surface area contributed by atoms with Gasteiger partial charge in [-0.3, -0.25) is 0 Å². The van der Waals surface area contributed by atoms with E-state index in [4.69, 9.17) is 25.8 Å². The number of rotatable bonds is 7. The van der Waals surface area contributed by atoms with Crippen LogP contribution < -0.4 is 20.1 Å². The number of nitrogens with one attached hydrogen (secondary N) is 2. The first-order chi connectivity index (χ1) is 12.7. The van der Waals surface area contributed by atoms with Gasteiger partial charge in [0.25, 0.3) is 0 Å². The van der Waals surface area contributed by atoms with E-state index >= 15 is 0 Å². The van der Waals surface area contributed by atoms with Crippen LogP contribution in [-0.4, -0.2) is 38.5 Å². The number of fused-ring (bicyclic) bond motifs is 1. The minimum Gasteiger partial charge on any atom is -0.486 e. The van der Waals surface area contributed by atoms with E-state index in [-0.39, 0.29) is 6.03 Å². The van der Waals surface area contributed by atoms with Crippen LogP contribution in [0, 0.1) is 0 Å². The molecule has 144 valence electrons. The van der Waals surface area contributed by atoms with E-state index in [1.807, 2.05) is 6.07 Å². The topological polar surface area (TPSA) is 68.8 Å². The Hall–Kier alpha value is -1.66. The third kappa shape index (κ3) is 5.68. The molecule has 0 bridgehead atoms. The van der Waals surface area contributed by atoms with Gasteiger partial charge in [-0.05, 0) is 37.0 Å². The van der Waals surface area contributed by atoms with Crippen molar-refractivity contribution >= 4 is 17.6 Å². The molecule has 7 heteroatoms. The van der Waals surface area contributed by atoms with Crippen LogP contribution in [0.2, 0.25) is 5.02 Å². The van der Waals surface area contributed by atoms with E-state index in [0.29, 0.717) is 55.5 Å². The minimum absolute atomic E-state index is 0.200. The van der Waals surface area contributed by atoms with Crippen molar-refractivity contribution in [2.45, 2.75) is 51.2 Å². The van der Waals surface area contributed by atoms with Crippen LogP contribution in [0.4, 0.5) is 4.79 Å². The molecule has 0 saturated heterocycles. The molecule has 1 heterocycles. The summed E-state index contributed by atoms with van der Waals surface area (Å²) in [6.07, 6.45) is 7.45. The number of hydrogen-bond acceptors (Lipinski definition) is 4. The van der Waals surface area contributed by atoms with Gasteiger partial charge in [0, 0.05) is 19.7 Å². The lowest BCUT2D eigenvalue weighted by Crippen LogP contribution is -2.36. The predicted octanol–water partition coefficient (Wildman–Crippen LogP) is 3.65. The number of carbonyl (C=O) groups is 1. The van der Waals surface area contributed by atoms with Crippen LogP contribution in [0.3, 0.4) is 0 Å². The average Bonchev–Trinajstić information content (AvgIpc) is 2.67. The first-order valence-corrected chi connectivity index (χ1v) is 9.81. The van der Waals surface area contributed by atoms with Crippen molar-refractivity contribution in [1.29, 1.82) is 0 Å². The minimum atomic E-state index is -0.200. The maximum absolute atomic E-state index is 11.9. The van der Waals surface area contributed by atoms with Crippen molar-refractivity contribution in [3.63, 3.8) is 0 Å². The predicted molar refractivity (Wildman–Crippen MR) is 100 cm³/mol. The zero-order valence-electron chi connectivity index (χ0n) is 15.0. The Kier molecular flexibility index (Phi) is 7.26. The highest BCUT2D eigenvalue weighted by Crippen LogP contribution is 2.38. The van der Waals surface area contributed by atoms with Crippen molar-refractivity contribution in [1.82, 2.24) is 10.6 Å². The number of ether oxygens (including phenoxy) is 3. The van der Waals surface area contributed by atoms with E-state index in [2.05, 4.69) is 10.6 Å². The monoisotopic (exact) mass is 382 g/mol. The summed E-state index contributed by atoms with van der Waals surface area (Å²) in [6, 6.07) is 3.43. The Balaban J connectivity index is 1.32. The van der Waals surface area contributed by atoms with Crippen LogP contribution in [0.1, 0.15) is 44.1 Å². The fraction of sp³-hybridized carbons (Fsp3) is 0.632. The summed E-state index contributed by atoms with van der Waals surface area (Å²) in [5, 5.41) is 6.18. The van der Waals surface area contributed by atoms with E-state index in [9.17, 15) is 4.79 Å². The lowest BCUT2D eigenvalue weighted by atomic mass is 9.98. The van der Waals surface area contributed by atoms with Gasteiger partial charge in [0.15, 0.2) is 11.5 Å². The third-order valence-corrected chi connectivity index (χ3v) is 4.90. The molecule has 0 radical (unpaired) electrons. The summed E-state index contributed by atoms with van der Waals surface area (Å²) in [4.78, 5) is 11.9. The Labute approximate surface area is 159 Å². The molecule has 1 saturated carbocycles. The summed E-state index contributed by atoms with van der Waals surface area (Å²) in [5.41, 5.74) is 0.870. The molecule has 2 amide bonds. The Morgan fingerprint density at radius 3 is 2.81 bits per heavy atom. The molecule has 26 heavy (non-hydrogen) atoms. The van der Waals surface area contributed by atoms with Gasteiger partial charge in [-0.1, -0.05) is 30.9 Å². The quantitative estimate of drug-likeness (QED) is 0.706. The van der Waals surface area contributed by atoms with Gasteiger partial charge in [-0.2, -0.15) is 0 Å². The molecule has 6 nitrogen and oxygen atoms in total. The standard InChI is InChI=1S/C19H27ClN2O4/c20-16-11-14(12-17-18(16)26-10-9-25-17)13-22-19(23)21-7-4-8-24-15-5-2-1-3-6-15/h11-12,15H,1-10,13H2,(H2,21,22,23). The first-order valence-electron chi connectivity index (χ1n) is 9.43. The molecule has 2 N–H and O–H groups in total. The van der Waals surface area contributed by atoms with Gasteiger partial charge >= 0.3 is 6.03 Å². The SMILES string of the molecule is O=C(NCCCOC1CCCCC1)NCc1cc(Cl)c2c(c1)OCCO2. The van der Waals surface area contributed by atoms with Crippen molar-refractivity contribution in [3.05, 3.63) is 22.7 Å². The Morgan fingerprint density at radius 2 is 1.96 bits per heavy atom. The number of urea groups is 1. The zero-order chi connectivity index (χ0) is 18.2. The maximum atomic E-state index is 11.9. The molecule has 0 unspecified atom stereocenters. The molecule has 2 aliphatic rings. The fourth-order valence-corrected chi connectivity index (χ4v) is 3.55. The second-order valence-corrected chi connectivity index (χ2v) is 7.10. The van der Waals surface area contributed by atoms with Crippen molar-refractivity contribution < 1.29 is 19.0 Å². The molecular formula is C19H27ClN2O4. The lowest BCUT2D eigenvalue weighted by molar-refractivity contribution is 0.0275. The van der Waals surface area contributed by atoms with Crippen LogP contribution in [-0.2, 0) is 11.3 Å². The molecule has 0 spiro atoms. The van der Waals surface area contributed by atoms with Crippen molar-refractivity contribution in [3.8, 4) is 11.5 Å². The molecule has 1 fully saturated rings. The van der Waals surface area contributed by atoms with Gasteiger partial charge in [-0.25, -0.2) is 4.79 Å². The third-order valence-electron chi connectivity index (χ3n) is 4.62. The lowest BCUT2D eigenvalue weighted by Gasteiger charge is -2.22. The number of halogens is 1. The number of carbonyl (C=O) groups excluding carboxylic acids is 1. The molecular weight excluding hydrogens is 356 g/mol. The molecule has 3 rings (SSSR count).